The van der Waals surface area contributed by atoms with Gasteiger partial charge in [-0.3, -0.25) is 4.79 Å². The van der Waals surface area contributed by atoms with Gasteiger partial charge in [0.05, 0.1) is 18.8 Å². The SMILES string of the molecule is CC/C=C\C/C=C\C/C=C\C/C=C\CCCCCCCCC(=O)NC(CO)C(O)/C=C/CC/C=C/CC/C=C/CCCCCCCCCCCCCCCC. The predicted octanol–water partition coefficient (Wildman–Crippen LogP) is 14.9. The molecule has 316 valence electrons. The zero-order chi connectivity index (χ0) is 40.0. The van der Waals surface area contributed by atoms with Gasteiger partial charge in [0.25, 0.3) is 0 Å². The van der Waals surface area contributed by atoms with Gasteiger partial charge in [-0.1, -0.05) is 208 Å². The monoisotopic (exact) mass is 764 g/mol. The average Bonchev–Trinajstić information content (AvgIpc) is 3.19. The fraction of sp³-hybridized carbons (Fsp3) is 0.706. The van der Waals surface area contributed by atoms with Crippen LogP contribution in [0.1, 0.15) is 213 Å². The highest BCUT2D eigenvalue weighted by molar-refractivity contribution is 5.76. The van der Waals surface area contributed by atoms with Gasteiger partial charge in [0.1, 0.15) is 0 Å². The Bertz CT molecular complexity index is 1000. The lowest BCUT2D eigenvalue weighted by molar-refractivity contribution is -0.123. The molecule has 0 spiro atoms. The number of carbonyl (C=O) groups excluding carboxylic acids is 1. The topological polar surface area (TPSA) is 69.6 Å². The number of carbonyl (C=O) groups is 1. The van der Waals surface area contributed by atoms with Crippen molar-refractivity contribution in [2.45, 2.75) is 225 Å². The van der Waals surface area contributed by atoms with Crippen LogP contribution in [0, 0.1) is 0 Å². The Kier molecular flexibility index (Phi) is 43.9. The second kappa shape index (κ2) is 46.0. The lowest BCUT2D eigenvalue weighted by Gasteiger charge is -2.19. The van der Waals surface area contributed by atoms with Crippen LogP contribution in [0.5, 0.6) is 0 Å². The fourth-order valence-electron chi connectivity index (χ4n) is 6.55. The molecule has 0 aliphatic carbocycles. The number of unbranched alkanes of at least 4 members (excludes halogenated alkanes) is 22. The predicted molar refractivity (Wildman–Crippen MR) is 243 cm³/mol. The highest BCUT2D eigenvalue weighted by Crippen LogP contribution is 2.14. The van der Waals surface area contributed by atoms with Crippen LogP contribution in [0.15, 0.2) is 85.1 Å². The summed E-state index contributed by atoms with van der Waals surface area (Å²) in [6, 6.07) is -0.658. The maximum atomic E-state index is 12.4. The summed E-state index contributed by atoms with van der Waals surface area (Å²) >= 11 is 0. The summed E-state index contributed by atoms with van der Waals surface area (Å²) in [7, 11) is 0. The van der Waals surface area contributed by atoms with E-state index in [2.05, 4.69) is 92.1 Å². The summed E-state index contributed by atoms with van der Waals surface area (Å²) in [5.74, 6) is -0.0950. The van der Waals surface area contributed by atoms with Crippen molar-refractivity contribution >= 4 is 5.91 Å². The number of aliphatic hydroxyl groups is 2. The summed E-state index contributed by atoms with van der Waals surface area (Å²) in [5.41, 5.74) is 0. The maximum Gasteiger partial charge on any atom is 0.220 e. The van der Waals surface area contributed by atoms with Crippen LogP contribution in [0.25, 0.3) is 0 Å². The van der Waals surface area contributed by atoms with Crippen LogP contribution in [-0.4, -0.2) is 34.9 Å². The van der Waals surface area contributed by atoms with Gasteiger partial charge in [0.2, 0.25) is 5.91 Å². The quantitative estimate of drug-likeness (QED) is 0.0429. The zero-order valence-corrected chi connectivity index (χ0v) is 36.2. The molecular formula is C51H89NO3. The van der Waals surface area contributed by atoms with Crippen molar-refractivity contribution in [1.82, 2.24) is 5.32 Å². The molecule has 0 radical (unpaired) electrons. The summed E-state index contributed by atoms with van der Waals surface area (Å²) < 4.78 is 0. The van der Waals surface area contributed by atoms with E-state index in [1.165, 1.54) is 116 Å². The second-order valence-electron chi connectivity index (χ2n) is 15.4. The van der Waals surface area contributed by atoms with Gasteiger partial charge in [-0.2, -0.15) is 0 Å². The molecule has 2 atom stereocenters. The third kappa shape index (κ3) is 42.6. The van der Waals surface area contributed by atoms with Crippen molar-refractivity contribution in [3.8, 4) is 0 Å². The van der Waals surface area contributed by atoms with Crippen LogP contribution < -0.4 is 5.32 Å². The molecule has 1 amide bonds. The highest BCUT2D eigenvalue weighted by atomic mass is 16.3. The van der Waals surface area contributed by atoms with Gasteiger partial charge in [0, 0.05) is 6.42 Å². The third-order valence-corrected chi connectivity index (χ3v) is 10.1. The number of allylic oxidation sites excluding steroid dienone is 13. The molecule has 2 unspecified atom stereocenters. The van der Waals surface area contributed by atoms with Crippen LogP contribution in [0.3, 0.4) is 0 Å². The van der Waals surface area contributed by atoms with E-state index >= 15 is 0 Å². The Morgan fingerprint density at radius 1 is 0.455 bits per heavy atom. The van der Waals surface area contributed by atoms with E-state index in [9.17, 15) is 15.0 Å². The molecule has 4 heteroatoms. The summed E-state index contributed by atoms with van der Waals surface area (Å²) in [6.45, 7) is 4.17. The Morgan fingerprint density at radius 2 is 0.818 bits per heavy atom. The molecule has 0 saturated carbocycles. The van der Waals surface area contributed by atoms with Crippen LogP contribution in [0.4, 0.5) is 0 Å². The van der Waals surface area contributed by atoms with E-state index in [0.29, 0.717) is 6.42 Å². The molecule has 0 aromatic heterocycles. The van der Waals surface area contributed by atoms with Crippen LogP contribution in [0.2, 0.25) is 0 Å². The third-order valence-electron chi connectivity index (χ3n) is 10.1. The van der Waals surface area contributed by atoms with Gasteiger partial charge in [-0.15, -0.1) is 0 Å². The molecule has 0 aromatic carbocycles. The van der Waals surface area contributed by atoms with Crippen LogP contribution in [-0.2, 0) is 4.79 Å². The molecule has 0 rings (SSSR count). The molecule has 0 bridgehead atoms. The smallest absolute Gasteiger partial charge is 0.220 e. The Morgan fingerprint density at radius 3 is 1.27 bits per heavy atom. The van der Waals surface area contributed by atoms with Crippen LogP contribution >= 0.6 is 0 Å². The Balaban J connectivity index is 3.68. The van der Waals surface area contributed by atoms with Gasteiger partial charge < -0.3 is 15.5 Å². The number of rotatable bonds is 41. The first-order valence-corrected chi connectivity index (χ1v) is 23.3. The molecular weight excluding hydrogens is 675 g/mol. The minimum absolute atomic E-state index is 0.0950. The van der Waals surface area contributed by atoms with Gasteiger partial charge >= 0.3 is 0 Å². The zero-order valence-electron chi connectivity index (χ0n) is 36.2. The van der Waals surface area contributed by atoms with E-state index in [4.69, 9.17) is 0 Å². The van der Waals surface area contributed by atoms with Crippen molar-refractivity contribution in [2.24, 2.45) is 0 Å². The van der Waals surface area contributed by atoms with Crippen molar-refractivity contribution in [2.75, 3.05) is 6.61 Å². The number of amides is 1. The molecule has 0 saturated heterocycles. The summed E-state index contributed by atoms with van der Waals surface area (Å²) in [5, 5.41) is 23.0. The van der Waals surface area contributed by atoms with E-state index in [0.717, 1.165) is 77.0 Å². The molecule has 0 heterocycles. The van der Waals surface area contributed by atoms with Gasteiger partial charge in [-0.25, -0.2) is 0 Å². The van der Waals surface area contributed by atoms with Crippen molar-refractivity contribution < 1.29 is 15.0 Å². The first-order valence-electron chi connectivity index (χ1n) is 23.3. The second-order valence-corrected chi connectivity index (χ2v) is 15.4. The average molecular weight is 764 g/mol. The van der Waals surface area contributed by atoms with Crippen molar-refractivity contribution in [3.05, 3.63) is 85.1 Å². The summed E-state index contributed by atoms with van der Waals surface area (Å²) in [4.78, 5) is 12.4. The lowest BCUT2D eigenvalue weighted by atomic mass is 10.0. The molecule has 0 aliphatic rings. The Labute approximate surface area is 341 Å². The first-order chi connectivity index (χ1) is 27.2. The Hall–Kier alpha value is -2.43. The lowest BCUT2D eigenvalue weighted by Crippen LogP contribution is -2.45. The van der Waals surface area contributed by atoms with Crippen molar-refractivity contribution in [3.63, 3.8) is 0 Å². The molecule has 0 aromatic rings. The standard InChI is InChI=1S/C51H89NO3/c1-3-5-7-9-11-13-15-17-19-21-23-24-25-26-27-29-30-32-34-36-38-40-42-44-46-50(54)49(48-53)52-51(55)47-45-43-41-39-37-35-33-31-28-22-20-18-16-14-12-10-8-6-4-2/h6,8,12,14,18,20,28-31,36,38,44,46,49-50,53-54H,3-5,7,9-11,13,15-17,19,21-27,32-35,37,39-43,45,47-48H2,1-2H3,(H,52,55)/b8-6-,14-12-,20-18-,30-29+,31-28-,38-36+,46-44+. The minimum atomic E-state index is -0.882. The molecule has 55 heavy (non-hydrogen) atoms. The summed E-state index contributed by atoms with van der Waals surface area (Å²) in [6.07, 6.45) is 67.0. The van der Waals surface area contributed by atoms with E-state index < -0.39 is 12.1 Å². The molecule has 3 N–H and O–H groups in total. The highest BCUT2D eigenvalue weighted by Gasteiger charge is 2.17. The first kappa shape index (κ1) is 52.6. The number of hydrogen-bond donors (Lipinski definition) is 3. The van der Waals surface area contributed by atoms with E-state index in [1.807, 2.05) is 6.08 Å². The molecule has 4 nitrogen and oxygen atoms in total. The number of nitrogens with one attached hydrogen (secondary N) is 1. The van der Waals surface area contributed by atoms with Crippen molar-refractivity contribution in [1.29, 1.82) is 0 Å². The number of aliphatic hydroxyl groups excluding tert-OH is 2. The number of hydrogen-bond acceptors (Lipinski definition) is 3. The normalized spacial score (nSPS) is 13.7. The maximum absolute atomic E-state index is 12.4. The largest absolute Gasteiger partial charge is 0.394 e. The molecule has 0 fully saturated rings. The van der Waals surface area contributed by atoms with E-state index in [-0.39, 0.29) is 12.5 Å². The minimum Gasteiger partial charge on any atom is -0.394 e. The van der Waals surface area contributed by atoms with Gasteiger partial charge in [-0.05, 0) is 83.5 Å². The van der Waals surface area contributed by atoms with Gasteiger partial charge in [0.15, 0.2) is 0 Å². The van der Waals surface area contributed by atoms with E-state index in [1.54, 1.807) is 6.08 Å². The fourth-order valence-corrected chi connectivity index (χ4v) is 6.55. The molecule has 0 aliphatic heterocycles.